The monoisotopic (exact) mass is 407 g/mol. The third kappa shape index (κ3) is 4.46. The van der Waals surface area contributed by atoms with Gasteiger partial charge in [0.1, 0.15) is 5.82 Å². The number of H-pyrrole nitrogens is 2. The Morgan fingerprint density at radius 1 is 1.07 bits per heavy atom. The minimum absolute atomic E-state index is 0.0855. The second kappa shape index (κ2) is 8.59. The second-order valence-corrected chi connectivity index (χ2v) is 7.61. The Hall–Kier alpha value is -3.32. The zero-order valence-corrected chi connectivity index (χ0v) is 16.4. The van der Waals surface area contributed by atoms with Crippen molar-refractivity contribution in [3.8, 4) is 11.1 Å². The Morgan fingerprint density at radius 2 is 1.87 bits per heavy atom. The molecule has 1 aliphatic rings. The van der Waals surface area contributed by atoms with Crippen LogP contribution in [0.3, 0.4) is 0 Å². The lowest BCUT2D eigenvalue weighted by atomic mass is 9.89. The van der Waals surface area contributed by atoms with E-state index in [-0.39, 0.29) is 11.7 Å². The predicted octanol–water partition coefficient (Wildman–Crippen LogP) is 2.96. The van der Waals surface area contributed by atoms with E-state index in [9.17, 15) is 18.8 Å². The van der Waals surface area contributed by atoms with E-state index in [1.165, 1.54) is 12.1 Å². The van der Waals surface area contributed by atoms with Crippen LogP contribution in [0.4, 0.5) is 4.39 Å². The second-order valence-electron chi connectivity index (χ2n) is 7.61. The number of aromatic amines is 2. The molecule has 1 fully saturated rings. The fraction of sp³-hybridized carbons (Fsp3) is 0.261. The largest absolute Gasteiger partial charge is 0.325 e. The first-order valence-corrected chi connectivity index (χ1v) is 9.93. The first kappa shape index (κ1) is 20.0. The van der Waals surface area contributed by atoms with Crippen molar-refractivity contribution in [2.24, 2.45) is 5.92 Å². The van der Waals surface area contributed by atoms with Crippen molar-refractivity contribution < 1.29 is 9.18 Å². The van der Waals surface area contributed by atoms with Gasteiger partial charge in [-0.25, -0.2) is 9.18 Å². The molecular weight excluding hydrogens is 385 g/mol. The third-order valence-electron chi connectivity index (χ3n) is 5.42. The average molecular weight is 407 g/mol. The van der Waals surface area contributed by atoms with Gasteiger partial charge in [0.15, 0.2) is 5.78 Å². The van der Waals surface area contributed by atoms with Gasteiger partial charge in [-0.3, -0.25) is 19.5 Å². The molecule has 0 saturated carbocycles. The highest BCUT2D eigenvalue weighted by atomic mass is 19.1. The molecule has 2 N–H and O–H groups in total. The van der Waals surface area contributed by atoms with Gasteiger partial charge >= 0.3 is 5.69 Å². The summed E-state index contributed by atoms with van der Waals surface area (Å²) in [5.41, 5.74) is 1.11. The van der Waals surface area contributed by atoms with Crippen LogP contribution in [0, 0.1) is 11.7 Å². The molecule has 1 aromatic heterocycles. The van der Waals surface area contributed by atoms with Crippen molar-refractivity contribution in [1.82, 2.24) is 14.9 Å². The van der Waals surface area contributed by atoms with Crippen LogP contribution in [0.5, 0.6) is 0 Å². The van der Waals surface area contributed by atoms with Crippen molar-refractivity contribution in [2.75, 3.05) is 13.1 Å². The molecule has 0 amide bonds. The highest BCUT2D eigenvalue weighted by Crippen LogP contribution is 2.26. The van der Waals surface area contributed by atoms with E-state index < -0.39 is 17.1 Å². The van der Waals surface area contributed by atoms with E-state index in [0.717, 1.165) is 24.9 Å². The fourth-order valence-electron chi connectivity index (χ4n) is 4.01. The van der Waals surface area contributed by atoms with Crippen LogP contribution in [0.1, 0.15) is 28.9 Å². The first-order valence-electron chi connectivity index (χ1n) is 9.93. The number of hydrogen-bond acceptors (Lipinski definition) is 4. The summed E-state index contributed by atoms with van der Waals surface area (Å²) in [6.45, 7) is 1.64. The van der Waals surface area contributed by atoms with Gasteiger partial charge in [-0.2, -0.15) is 0 Å². The average Bonchev–Trinajstić information content (AvgIpc) is 2.73. The maximum atomic E-state index is 14.7. The molecule has 1 aliphatic heterocycles. The fourth-order valence-corrected chi connectivity index (χ4v) is 4.01. The quantitative estimate of drug-likeness (QED) is 0.637. The maximum Gasteiger partial charge on any atom is 0.325 e. The summed E-state index contributed by atoms with van der Waals surface area (Å²) in [4.78, 5) is 42.7. The molecule has 7 heteroatoms. The molecule has 0 aliphatic carbocycles. The van der Waals surface area contributed by atoms with Gasteiger partial charge in [-0.05, 0) is 31.0 Å². The number of nitrogens with zero attached hydrogens (tertiary/aromatic N) is 1. The SMILES string of the molecule is O=C(c1ccc(-c2ccccc2)c(F)c1)[C@@H]1CCCN(Cc2cc(=O)[nH]c(=O)[nH]2)C1. The van der Waals surface area contributed by atoms with Crippen LogP contribution in [0.2, 0.25) is 0 Å². The Morgan fingerprint density at radius 3 is 2.60 bits per heavy atom. The van der Waals surface area contributed by atoms with E-state index in [1.807, 2.05) is 35.2 Å². The number of nitrogens with one attached hydrogen (secondary N) is 2. The lowest BCUT2D eigenvalue weighted by Gasteiger charge is -2.31. The molecule has 0 spiro atoms. The molecule has 6 nitrogen and oxygen atoms in total. The Bertz CT molecular complexity index is 1140. The van der Waals surface area contributed by atoms with Crippen molar-refractivity contribution in [3.63, 3.8) is 0 Å². The van der Waals surface area contributed by atoms with Gasteiger partial charge < -0.3 is 4.98 Å². The third-order valence-corrected chi connectivity index (χ3v) is 5.42. The number of rotatable bonds is 5. The molecule has 2 aromatic carbocycles. The van der Waals surface area contributed by atoms with Gasteiger partial charge in [-0.15, -0.1) is 0 Å². The zero-order valence-electron chi connectivity index (χ0n) is 16.4. The predicted molar refractivity (Wildman–Crippen MR) is 112 cm³/mol. The van der Waals surface area contributed by atoms with Crippen LogP contribution in [-0.2, 0) is 6.54 Å². The van der Waals surface area contributed by atoms with Crippen molar-refractivity contribution in [1.29, 1.82) is 0 Å². The van der Waals surface area contributed by atoms with E-state index in [0.29, 0.717) is 29.9 Å². The number of Topliss-reactive ketones (excluding diaryl/α,β-unsaturated/α-hetero) is 1. The lowest BCUT2D eigenvalue weighted by Crippen LogP contribution is -2.39. The van der Waals surface area contributed by atoms with Gasteiger partial charge in [0.25, 0.3) is 5.56 Å². The molecule has 0 bridgehead atoms. The van der Waals surface area contributed by atoms with Gasteiger partial charge in [-0.1, -0.05) is 42.5 Å². The number of ketones is 1. The van der Waals surface area contributed by atoms with Gasteiger partial charge in [0, 0.05) is 41.9 Å². The van der Waals surface area contributed by atoms with E-state index in [2.05, 4.69) is 9.97 Å². The summed E-state index contributed by atoms with van der Waals surface area (Å²) >= 11 is 0. The standard InChI is InChI=1S/C23H22FN3O3/c24-20-11-16(8-9-19(20)15-5-2-1-3-6-15)22(29)17-7-4-10-27(13-17)14-18-12-21(28)26-23(30)25-18/h1-3,5-6,8-9,11-12,17H,4,7,10,13-14H2,(H2,25,26,28,30)/t17-/m1/s1. The minimum Gasteiger partial charge on any atom is -0.310 e. The molecule has 2 heterocycles. The smallest absolute Gasteiger partial charge is 0.310 e. The summed E-state index contributed by atoms with van der Waals surface area (Å²) in [5.74, 6) is -0.757. The molecule has 4 rings (SSSR count). The number of hydrogen-bond donors (Lipinski definition) is 2. The normalized spacial score (nSPS) is 17.0. The Balaban J connectivity index is 1.48. The molecule has 3 aromatic rings. The summed E-state index contributed by atoms with van der Waals surface area (Å²) < 4.78 is 14.7. The number of piperidine rings is 1. The number of aromatic nitrogens is 2. The van der Waals surface area contributed by atoms with E-state index in [4.69, 9.17) is 0 Å². The van der Waals surface area contributed by atoms with Crippen LogP contribution < -0.4 is 11.2 Å². The molecule has 1 saturated heterocycles. The number of carbonyl (C=O) groups is 1. The van der Waals surface area contributed by atoms with Gasteiger partial charge in [0.05, 0.1) is 0 Å². The van der Waals surface area contributed by atoms with Crippen molar-refractivity contribution in [2.45, 2.75) is 19.4 Å². The van der Waals surface area contributed by atoms with Gasteiger partial charge in [0.2, 0.25) is 0 Å². The number of benzene rings is 2. The zero-order chi connectivity index (χ0) is 21.1. The van der Waals surface area contributed by atoms with Crippen LogP contribution in [0.15, 0.2) is 64.2 Å². The lowest BCUT2D eigenvalue weighted by molar-refractivity contribution is 0.0809. The number of halogens is 1. The Labute approximate surface area is 172 Å². The maximum absolute atomic E-state index is 14.7. The topological polar surface area (TPSA) is 86.0 Å². The number of carbonyl (C=O) groups excluding carboxylic acids is 1. The summed E-state index contributed by atoms with van der Waals surface area (Å²) in [6, 6.07) is 15.2. The van der Waals surface area contributed by atoms with Crippen LogP contribution >= 0.6 is 0 Å². The van der Waals surface area contributed by atoms with E-state index >= 15 is 0 Å². The molecule has 1 atom stereocenters. The van der Waals surface area contributed by atoms with Crippen molar-refractivity contribution in [3.05, 3.63) is 92.5 Å². The summed E-state index contributed by atoms with van der Waals surface area (Å²) in [6.07, 6.45) is 1.54. The van der Waals surface area contributed by atoms with Crippen LogP contribution in [0.25, 0.3) is 11.1 Å². The highest BCUT2D eigenvalue weighted by molar-refractivity contribution is 5.98. The van der Waals surface area contributed by atoms with Crippen LogP contribution in [-0.4, -0.2) is 33.7 Å². The molecule has 0 unspecified atom stereocenters. The number of likely N-dealkylation sites (tertiary alicyclic amines) is 1. The summed E-state index contributed by atoms with van der Waals surface area (Å²) in [5, 5.41) is 0. The molecular formula is C23H22FN3O3. The molecule has 0 radical (unpaired) electrons. The van der Waals surface area contributed by atoms with E-state index in [1.54, 1.807) is 12.1 Å². The minimum atomic E-state index is -0.545. The molecule has 30 heavy (non-hydrogen) atoms. The Kier molecular flexibility index (Phi) is 5.72. The van der Waals surface area contributed by atoms with Crippen molar-refractivity contribution >= 4 is 5.78 Å². The summed E-state index contributed by atoms with van der Waals surface area (Å²) in [7, 11) is 0. The molecule has 154 valence electrons. The highest BCUT2D eigenvalue weighted by Gasteiger charge is 2.27. The first-order chi connectivity index (χ1) is 14.5.